The molecule has 1 fully saturated rings. The van der Waals surface area contributed by atoms with Crippen LogP contribution in [0.15, 0.2) is 55.0 Å². The average molecular weight is 350 g/mol. The van der Waals surface area contributed by atoms with Crippen molar-refractivity contribution in [1.82, 2.24) is 20.2 Å². The summed E-state index contributed by atoms with van der Waals surface area (Å²) in [4.78, 5) is 22.0. The van der Waals surface area contributed by atoms with Crippen LogP contribution in [-0.2, 0) is 6.54 Å². The van der Waals surface area contributed by atoms with E-state index in [9.17, 15) is 9.90 Å². The molecule has 6 heteroatoms. The van der Waals surface area contributed by atoms with Crippen molar-refractivity contribution >= 4 is 16.8 Å². The van der Waals surface area contributed by atoms with Crippen molar-refractivity contribution in [2.24, 2.45) is 0 Å². The summed E-state index contributed by atoms with van der Waals surface area (Å²) >= 11 is 0. The van der Waals surface area contributed by atoms with Crippen LogP contribution >= 0.6 is 0 Å². The maximum absolute atomic E-state index is 12.5. The molecule has 134 valence electrons. The minimum Gasteiger partial charge on any atom is -0.390 e. The number of aliphatic hydroxyl groups excluding tert-OH is 1. The molecule has 0 radical (unpaired) electrons. The van der Waals surface area contributed by atoms with E-state index in [1.54, 1.807) is 6.20 Å². The largest absolute Gasteiger partial charge is 0.390 e. The van der Waals surface area contributed by atoms with E-state index in [0.29, 0.717) is 12.1 Å². The lowest BCUT2D eigenvalue weighted by Crippen LogP contribution is -2.53. The lowest BCUT2D eigenvalue weighted by molar-refractivity contribution is 0.0349. The van der Waals surface area contributed by atoms with E-state index in [0.717, 1.165) is 36.0 Å². The molecule has 1 amide bonds. The summed E-state index contributed by atoms with van der Waals surface area (Å²) in [6.07, 6.45) is 5.59. The molecule has 2 atom stereocenters. The summed E-state index contributed by atoms with van der Waals surface area (Å²) in [7, 11) is 0. The second-order valence-electron chi connectivity index (χ2n) is 6.81. The van der Waals surface area contributed by atoms with Crippen LogP contribution in [0.25, 0.3) is 10.9 Å². The number of aromatic nitrogens is 2. The molecule has 0 bridgehead atoms. The van der Waals surface area contributed by atoms with Crippen molar-refractivity contribution in [3.63, 3.8) is 0 Å². The normalized spacial score (nSPS) is 21.0. The first-order valence-electron chi connectivity index (χ1n) is 8.86. The molecule has 0 spiro atoms. The third-order valence-electron chi connectivity index (χ3n) is 4.93. The number of piperidine rings is 1. The molecular formula is C20H22N4O2. The Labute approximate surface area is 151 Å². The highest BCUT2D eigenvalue weighted by Gasteiger charge is 2.29. The fraction of sp³-hybridized carbons (Fsp3) is 0.300. The quantitative estimate of drug-likeness (QED) is 0.672. The number of fused-ring (bicyclic) bond motifs is 1. The van der Waals surface area contributed by atoms with Crippen LogP contribution < -0.4 is 5.32 Å². The maximum Gasteiger partial charge on any atom is 0.251 e. The summed E-state index contributed by atoms with van der Waals surface area (Å²) in [5, 5.41) is 14.5. The molecule has 6 nitrogen and oxygen atoms in total. The number of hydrogen-bond donors (Lipinski definition) is 3. The van der Waals surface area contributed by atoms with Crippen molar-refractivity contribution in [3.05, 3.63) is 66.1 Å². The van der Waals surface area contributed by atoms with E-state index in [2.05, 4.69) is 20.2 Å². The molecule has 3 aromatic rings. The van der Waals surface area contributed by atoms with E-state index < -0.39 is 6.10 Å². The van der Waals surface area contributed by atoms with Gasteiger partial charge in [-0.05, 0) is 41.6 Å². The van der Waals surface area contributed by atoms with Gasteiger partial charge in [0.25, 0.3) is 5.91 Å². The molecule has 0 aliphatic carbocycles. The van der Waals surface area contributed by atoms with E-state index in [4.69, 9.17) is 0 Å². The molecule has 3 heterocycles. The van der Waals surface area contributed by atoms with E-state index in [1.165, 1.54) is 0 Å². The standard InChI is InChI=1S/C20H22N4O2/c25-19-13-24(12-14-2-1-7-21-11-14)9-6-17(19)23-20(26)16-4-3-15-5-8-22-18(15)10-16/h1-5,7-8,10-11,17,19,22,25H,6,9,12-13H2,(H,23,26)/t17-,19-/m1/s1. The first-order valence-corrected chi connectivity index (χ1v) is 8.86. The van der Waals surface area contributed by atoms with Crippen LogP contribution in [0.4, 0.5) is 0 Å². The van der Waals surface area contributed by atoms with Gasteiger partial charge in [-0.25, -0.2) is 0 Å². The van der Waals surface area contributed by atoms with Crippen LogP contribution in [0.2, 0.25) is 0 Å². The van der Waals surface area contributed by atoms with Gasteiger partial charge < -0.3 is 15.4 Å². The van der Waals surface area contributed by atoms with Gasteiger partial charge in [-0.15, -0.1) is 0 Å². The third-order valence-corrected chi connectivity index (χ3v) is 4.93. The summed E-state index contributed by atoms with van der Waals surface area (Å²) in [5.74, 6) is -0.147. The topological polar surface area (TPSA) is 81.2 Å². The van der Waals surface area contributed by atoms with Crippen LogP contribution in [0.5, 0.6) is 0 Å². The number of nitrogens with one attached hydrogen (secondary N) is 2. The lowest BCUT2D eigenvalue weighted by Gasteiger charge is -2.36. The van der Waals surface area contributed by atoms with Crippen LogP contribution in [-0.4, -0.2) is 51.1 Å². The molecule has 0 unspecified atom stereocenters. The average Bonchev–Trinajstić information content (AvgIpc) is 3.12. The Balaban J connectivity index is 1.36. The number of hydrogen-bond acceptors (Lipinski definition) is 4. The molecular weight excluding hydrogens is 328 g/mol. The number of nitrogens with zero attached hydrogens (tertiary/aromatic N) is 2. The highest BCUT2D eigenvalue weighted by molar-refractivity contribution is 5.98. The van der Waals surface area contributed by atoms with Gasteiger partial charge in [-0.3, -0.25) is 14.7 Å². The van der Waals surface area contributed by atoms with Crippen molar-refractivity contribution in [3.8, 4) is 0 Å². The molecule has 1 saturated heterocycles. The lowest BCUT2D eigenvalue weighted by atomic mass is 10.0. The van der Waals surface area contributed by atoms with Gasteiger partial charge in [0, 0.05) is 49.3 Å². The van der Waals surface area contributed by atoms with Gasteiger partial charge in [-0.1, -0.05) is 12.1 Å². The summed E-state index contributed by atoms with van der Waals surface area (Å²) in [6, 6.07) is 11.3. The first kappa shape index (κ1) is 16.8. The minimum absolute atomic E-state index is 0.147. The molecule has 26 heavy (non-hydrogen) atoms. The summed E-state index contributed by atoms with van der Waals surface area (Å²) in [6.45, 7) is 2.12. The molecule has 2 aromatic heterocycles. The van der Waals surface area contributed by atoms with Crippen LogP contribution in [0.1, 0.15) is 22.3 Å². The molecule has 3 N–H and O–H groups in total. The summed E-state index contributed by atoms with van der Waals surface area (Å²) in [5.41, 5.74) is 2.66. The SMILES string of the molecule is O=C(N[C@@H]1CCN(Cc2cccnc2)C[C@H]1O)c1ccc2cc[nH]c2c1. The highest BCUT2D eigenvalue weighted by atomic mass is 16.3. The smallest absolute Gasteiger partial charge is 0.251 e. The summed E-state index contributed by atoms with van der Waals surface area (Å²) < 4.78 is 0. The van der Waals surface area contributed by atoms with Gasteiger partial charge >= 0.3 is 0 Å². The number of benzene rings is 1. The van der Waals surface area contributed by atoms with E-state index in [-0.39, 0.29) is 11.9 Å². The molecule has 1 aromatic carbocycles. The van der Waals surface area contributed by atoms with Crippen molar-refractivity contribution < 1.29 is 9.90 Å². The van der Waals surface area contributed by atoms with Gasteiger partial charge in [0.15, 0.2) is 0 Å². The maximum atomic E-state index is 12.5. The number of β-amino-alcohol motifs (C(OH)–C–C–N with tert-alkyl or cyclic N) is 1. The van der Waals surface area contributed by atoms with Gasteiger partial charge in [-0.2, -0.15) is 0 Å². The fourth-order valence-electron chi connectivity index (χ4n) is 3.50. The number of rotatable bonds is 4. The van der Waals surface area contributed by atoms with Crippen molar-refractivity contribution in [2.45, 2.75) is 25.1 Å². The van der Waals surface area contributed by atoms with Crippen molar-refractivity contribution in [1.29, 1.82) is 0 Å². The molecule has 0 saturated carbocycles. The number of amides is 1. The number of aliphatic hydroxyl groups is 1. The third kappa shape index (κ3) is 3.61. The second-order valence-corrected chi connectivity index (χ2v) is 6.81. The van der Waals surface area contributed by atoms with Gasteiger partial charge in [0.05, 0.1) is 12.1 Å². The Morgan fingerprint density at radius 3 is 3.08 bits per heavy atom. The van der Waals surface area contributed by atoms with Gasteiger partial charge in [0.1, 0.15) is 0 Å². The Morgan fingerprint density at radius 2 is 2.27 bits per heavy atom. The second kappa shape index (κ2) is 7.27. The fourth-order valence-corrected chi connectivity index (χ4v) is 3.50. The zero-order chi connectivity index (χ0) is 17.9. The van der Waals surface area contributed by atoms with Gasteiger partial charge in [0.2, 0.25) is 0 Å². The van der Waals surface area contributed by atoms with E-state index >= 15 is 0 Å². The highest BCUT2D eigenvalue weighted by Crippen LogP contribution is 2.17. The Kier molecular flexibility index (Phi) is 4.69. The Hall–Kier alpha value is -2.70. The molecule has 1 aliphatic rings. The number of pyridine rings is 1. The van der Waals surface area contributed by atoms with Crippen LogP contribution in [0.3, 0.4) is 0 Å². The first-order chi connectivity index (χ1) is 12.7. The zero-order valence-electron chi connectivity index (χ0n) is 14.4. The van der Waals surface area contributed by atoms with Crippen molar-refractivity contribution in [2.75, 3.05) is 13.1 Å². The van der Waals surface area contributed by atoms with Crippen LogP contribution in [0, 0.1) is 0 Å². The van der Waals surface area contributed by atoms with E-state index in [1.807, 2.05) is 48.8 Å². The number of H-pyrrole nitrogens is 1. The molecule has 1 aliphatic heterocycles. The number of likely N-dealkylation sites (tertiary alicyclic amines) is 1. The monoisotopic (exact) mass is 350 g/mol. The number of carbonyl (C=O) groups excluding carboxylic acids is 1. The number of carbonyl (C=O) groups is 1. The molecule has 4 rings (SSSR count). The number of aromatic amines is 1. The predicted molar refractivity (Wildman–Crippen MR) is 99.7 cm³/mol. The predicted octanol–water partition coefficient (Wildman–Crippen LogP) is 1.93. The Bertz CT molecular complexity index is 893. The zero-order valence-corrected chi connectivity index (χ0v) is 14.4. The minimum atomic E-state index is -0.585. The Morgan fingerprint density at radius 1 is 1.35 bits per heavy atom.